The Balaban J connectivity index is 1.65. The quantitative estimate of drug-likeness (QED) is 0.876. The van der Waals surface area contributed by atoms with Crippen LogP contribution >= 0.6 is 11.8 Å². The van der Waals surface area contributed by atoms with Crippen molar-refractivity contribution in [3.8, 4) is 0 Å². The molecule has 0 saturated heterocycles. The number of rotatable bonds is 4. The van der Waals surface area contributed by atoms with E-state index in [1.165, 1.54) is 36.1 Å². The molecule has 0 spiro atoms. The van der Waals surface area contributed by atoms with E-state index in [4.69, 9.17) is 0 Å². The van der Waals surface area contributed by atoms with E-state index < -0.39 is 0 Å². The largest absolute Gasteiger partial charge is 0.396 e. The van der Waals surface area contributed by atoms with Crippen LogP contribution in [-0.2, 0) is 0 Å². The third-order valence-electron chi connectivity index (χ3n) is 4.42. The molecule has 2 N–H and O–H groups in total. The highest BCUT2D eigenvalue weighted by Crippen LogP contribution is 2.40. The first kappa shape index (κ1) is 12.5. The molecule has 1 unspecified atom stereocenters. The molecule has 2 nitrogen and oxygen atoms in total. The molecule has 3 heteroatoms. The lowest BCUT2D eigenvalue weighted by atomic mass is 9.87. The van der Waals surface area contributed by atoms with Crippen LogP contribution in [0.5, 0.6) is 0 Å². The molecule has 1 fully saturated rings. The van der Waals surface area contributed by atoms with Crippen LogP contribution in [0.2, 0.25) is 0 Å². The summed E-state index contributed by atoms with van der Waals surface area (Å²) in [7, 11) is 0. The molecule has 1 aliphatic carbocycles. The van der Waals surface area contributed by atoms with Gasteiger partial charge in [0.2, 0.25) is 0 Å². The molecule has 1 saturated carbocycles. The summed E-state index contributed by atoms with van der Waals surface area (Å²) in [6, 6.07) is 9.14. The summed E-state index contributed by atoms with van der Waals surface area (Å²) in [6.07, 6.45) is 4.91. The van der Waals surface area contributed by atoms with Gasteiger partial charge in [-0.25, -0.2) is 0 Å². The standard InChI is InChI=1S/C15H21NOS/c17-11-15(7-3-4-8-15)10-16-13-9-18-14-6-2-1-5-12(13)14/h1-2,5-6,13,16-17H,3-4,7-11H2. The topological polar surface area (TPSA) is 32.3 Å². The molecule has 18 heavy (non-hydrogen) atoms. The second-order valence-corrected chi connectivity index (χ2v) is 6.71. The summed E-state index contributed by atoms with van der Waals surface area (Å²) in [5.74, 6) is 1.13. The van der Waals surface area contributed by atoms with Gasteiger partial charge in [-0.1, -0.05) is 31.0 Å². The highest BCUT2D eigenvalue weighted by atomic mass is 32.2. The minimum Gasteiger partial charge on any atom is -0.396 e. The van der Waals surface area contributed by atoms with E-state index in [1.807, 2.05) is 11.8 Å². The van der Waals surface area contributed by atoms with Crippen molar-refractivity contribution in [2.24, 2.45) is 5.41 Å². The maximum atomic E-state index is 9.64. The van der Waals surface area contributed by atoms with Crippen molar-refractivity contribution in [2.75, 3.05) is 18.9 Å². The molecule has 1 atom stereocenters. The average molecular weight is 263 g/mol. The van der Waals surface area contributed by atoms with Crippen molar-refractivity contribution < 1.29 is 5.11 Å². The fourth-order valence-electron chi connectivity index (χ4n) is 3.19. The fourth-order valence-corrected chi connectivity index (χ4v) is 4.38. The SMILES string of the molecule is OCC1(CNC2CSc3ccccc32)CCCC1. The summed E-state index contributed by atoms with van der Waals surface area (Å²) in [5.41, 5.74) is 1.59. The fraction of sp³-hybridized carbons (Fsp3) is 0.600. The van der Waals surface area contributed by atoms with Crippen molar-refractivity contribution in [2.45, 2.75) is 36.6 Å². The molecule has 1 aromatic carbocycles. The molecule has 1 aliphatic heterocycles. The van der Waals surface area contributed by atoms with Gasteiger partial charge in [0, 0.05) is 35.3 Å². The molecular formula is C15H21NOS. The molecule has 0 bridgehead atoms. The van der Waals surface area contributed by atoms with Gasteiger partial charge in [0.1, 0.15) is 0 Å². The first-order valence-electron chi connectivity index (χ1n) is 6.89. The van der Waals surface area contributed by atoms with Crippen LogP contribution in [0.3, 0.4) is 0 Å². The number of aliphatic hydroxyl groups excluding tert-OH is 1. The second kappa shape index (κ2) is 5.24. The zero-order valence-electron chi connectivity index (χ0n) is 10.7. The highest BCUT2D eigenvalue weighted by Gasteiger charge is 2.34. The van der Waals surface area contributed by atoms with E-state index in [0.29, 0.717) is 12.6 Å². The molecule has 0 amide bonds. The molecule has 0 radical (unpaired) electrons. The summed E-state index contributed by atoms with van der Waals surface area (Å²) in [5, 5.41) is 13.3. The lowest BCUT2D eigenvalue weighted by molar-refractivity contribution is 0.125. The van der Waals surface area contributed by atoms with E-state index in [-0.39, 0.29) is 5.41 Å². The Hall–Kier alpha value is -0.510. The van der Waals surface area contributed by atoms with Gasteiger partial charge in [-0.2, -0.15) is 0 Å². The maximum absolute atomic E-state index is 9.64. The third-order valence-corrected chi connectivity index (χ3v) is 5.61. The summed E-state index contributed by atoms with van der Waals surface area (Å²) in [4.78, 5) is 1.42. The number of hydrogen-bond donors (Lipinski definition) is 2. The van der Waals surface area contributed by atoms with Crippen LogP contribution < -0.4 is 5.32 Å². The monoisotopic (exact) mass is 263 g/mol. The first-order chi connectivity index (χ1) is 8.83. The van der Waals surface area contributed by atoms with Crippen molar-refractivity contribution in [3.63, 3.8) is 0 Å². The summed E-state index contributed by atoms with van der Waals surface area (Å²) < 4.78 is 0. The van der Waals surface area contributed by atoms with Crippen molar-refractivity contribution >= 4 is 11.8 Å². The zero-order valence-corrected chi connectivity index (χ0v) is 11.5. The molecular weight excluding hydrogens is 242 g/mol. The van der Waals surface area contributed by atoms with E-state index >= 15 is 0 Å². The Bertz CT molecular complexity index is 415. The van der Waals surface area contributed by atoms with Crippen molar-refractivity contribution in [1.82, 2.24) is 5.32 Å². The van der Waals surface area contributed by atoms with E-state index in [2.05, 4.69) is 29.6 Å². The molecule has 2 aliphatic rings. The molecule has 3 rings (SSSR count). The van der Waals surface area contributed by atoms with Crippen LogP contribution in [0.1, 0.15) is 37.3 Å². The predicted molar refractivity (Wildman–Crippen MR) is 75.9 cm³/mol. The van der Waals surface area contributed by atoms with Gasteiger partial charge in [-0.3, -0.25) is 0 Å². The number of hydrogen-bond acceptors (Lipinski definition) is 3. The average Bonchev–Trinajstić information content (AvgIpc) is 3.04. The summed E-state index contributed by atoms with van der Waals surface area (Å²) in [6.45, 7) is 1.30. The number of fused-ring (bicyclic) bond motifs is 1. The van der Waals surface area contributed by atoms with Gasteiger partial charge in [-0.15, -0.1) is 11.8 Å². The number of thioether (sulfide) groups is 1. The summed E-state index contributed by atoms with van der Waals surface area (Å²) >= 11 is 1.94. The van der Waals surface area contributed by atoms with Gasteiger partial charge >= 0.3 is 0 Å². The zero-order chi connectivity index (χ0) is 12.4. The van der Waals surface area contributed by atoms with E-state index in [0.717, 1.165) is 12.3 Å². The minimum atomic E-state index is 0.155. The highest BCUT2D eigenvalue weighted by molar-refractivity contribution is 7.99. The Kier molecular flexibility index (Phi) is 3.64. The van der Waals surface area contributed by atoms with Crippen LogP contribution in [0.25, 0.3) is 0 Å². The van der Waals surface area contributed by atoms with Crippen LogP contribution in [-0.4, -0.2) is 24.0 Å². The predicted octanol–water partition coefficient (Wildman–Crippen LogP) is 2.98. The van der Waals surface area contributed by atoms with Gasteiger partial charge < -0.3 is 10.4 Å². The lowest BCUT2D eigenvalue weighted by Crippen LogP contribution is -2.37. The number of aliphatic hydroxyl groups is 1. The lowest BCUT2D eigenvalue weighted by Gasteiger charge is -2.28. The Morgan fingerprint density at radius 2 is 2.06 bits per heavy atom. The normalized spacial score (nSPS) is 25.3. The van der Waals surface area contributed by atoms with E-state index in [1.54, 1.807) is 0 Å². The van der Waals surface area contributed by atoms with Crippen molar-refractivity contribution in [3.05, 3.63) is 29.8 Å². The van der Waals surface area contributed by atoms with Gasteiger partial charge in [0.25, 0.3) is 0 Å². The van der Waals surface area contributed by atoms with E-state index in [9.17, 15) is 5.11 Å². The number of nitrogens with one attached hydrogen (secondary N) is 1. The minimum absolute atomic E-state index is 0.155. The van der Waals surface area contributed by atoms with Gasteiger partial charge in [0.05, 0.1) is 0 Å². The van der Waals surface area contributed by atoms with Crippen molar-refractivity contribution in [1.29, 1.82) is 0 Å². The molecule has 1 aromatic rings. The third kappa shape index (κ3) is 2.31. The number of benzene rings is 1. The van der Waals surface area contributed by atoms with Gasteiger partial charge in [-0.05, 0) is 24.5 Å². The van der Waals surface area contributed by atoms with Crippen LogP contribution in [0.15, 0.2) is 29.2 Å². The van der Waals surface area contributed by atoms with Crippen LogP contribution in [0, 0.1) is 5.41 Å². The molecule has 0 aromatic heterocycles. The Morgan fingerprint density at radius 3 is 2.83 bits per heavy atom. The Labute approximate surface area is 113 Å². The maximum Gasteiger partial charge on any atom is 0.0499 e. The molecule has 1 heterocycles. The van der Waals surface area contributed by atoms with Crippen LogP contribution in [0.4, 0.5) is 0 Å². The molecule has 98 valence electrons. The van der Waals surface area contributed by atoms with Gasteiger partial charge in [0.15, 0.2) is 0 Å². The first-order valence-corrected chi connectivity index (χ1v) is 7.88. The second-order valence-electron chi connectivity index (χ2n) is 5.65. The smallest absolute Gasteiger partial charge is 0.0499 e. The Morgan fingerprint density at radius 1 is 1.28 bits per heavy atom.